The summed E-state index contributed by atoms with van der Waals surface area (Å²) >= 11 is 0. The molecule has 0 heterocycles. The molecular weight excluding hydrogens is 764 g/mol. The molecule has 0 bridgehead atoms. The van der Waals surface area contributed by atoms with Crippen molar-refractivity contribution in [3.8, 4) is 0 Å². The molecule has 2 nitrogen and oxygen atoms in total. The molecule has 2 aliphatic carbocycles. The van der Waals surface area contributed by atoms with Gasteiger partial charge in [-0.05, 0) is 25.2 Å². The Kier molecular flexibility index (Phi) is 13.5. The van der Waals surface area contributed by atoms with Crippen molar-refractivity contribution in [1.82, 2.24) is 0 Å². The maximum Gasteiger partial charge on any atom is 0.109 e. The predicted octanol–water partition coefficient (Wildman–Crippen LogP) is 2.80. The third kappa shape index (κ3) is 6.06. The van der Waals surface area contributed by atoms with Crippen molar-refractivity contribution in [2.75, 3.05) is 0 Å². The van der Waals surface area contributed by atoms with Crippen LogP contribution in [0.25, 0.3) is 0 Å². The first kappa shape index (κ1) is 24.0. The molecule has 5 atom stereocenters. The van der Waals surface area contributed by atoms with Crippen LogP contribution >= 0.6 is 0 Å². The molecule has 2 fully saturated rings. The smallest absolute Gasteiger partial charge is 0.109 e. The number of ketones is 1. The van der Waals surface area contributed by atoms with E-state index in [2.05, 4.69) is 13.8 Å². The molecular formula is C15H24O2W3-2. The Bertz CT molecular complexity index is 286. The summed E-state index contributed by atoms with van der Waals surface area (Å²) in [5, 5.41) is 10.1. The fourth-order valence-corrected chi connectivity index (χ4v) is 3.45. The van der Waals surface area contributed by atoms with Gasteiger partial charge in [0.25, 0.3) is 0 Å². The second kappa shape index (κ2) is 11.3. The summed E-state index contributed by atoms with van der Waals surface area (Å²) in [6.45, 7) is 7.94. The molecule has 116 valence electrons. The van der Waals surface area contributed by atoms with Gasteiger partial charge >= 0.3 is 0 Å². The summed E-state index contributed by atoms with van der Waals surface area (Å²) in [6, 6.07) is 0. The van der Waals surface area contributed by atoms with Crippen LogP contribution in [0.5, 0.6) is 0 Å². The molecule has 0 aliphatic heterocycles. The summed E-state index contributed by atoms with van der Waals surface area (Å²) in [6.07, 6.45) is 6.83. The molecule has 0 radical (unpaired) electrons. The first-order valence-corrected chi connectivity index (χ1v) is 6.97. The summed E-state index contributed by atoms with van der Waals surface area (Å²) in [7, 11) is 0. The van der Waals surface area contributed by atoms with Gasteiger partial charge in [-0.15, -0.1) is 11.8 Å². The summed E-state index contributed by atoms with van der Waals surface area (Å²) < 4.78 is 0. The first-order chi connectivity index (χ1) is 8.09. The van der Waals surface area contributed by atoms with Crippen molar-refractivity contribution < 1.29 is 73.1 Å². The van der Waals surface area contributed by atoms with Crippen LogP contribution in [0.1, 0.15) is 44.9 Å². The number of hydrogen-bond donors (Lipinski definition) is 1. The zero-order valence-electron chi connectivity index (χ0n) is 11.8. The van der Waals surface area contributed by atoms with Gasteiger partial charge in [-0.1, -0.05) is 25.7 Å². The zero-order valence-corrected chi connectivity index (χ0v) is 20.6. The third-order valence-electron chi connectivity index (χ3n) is 4.61. The van der Waals surface area contributed by atoms with Crippen LogP contribution in [0.3, 0.4) is 0 Å². The van der Waals surface area contributed by atoms with Crippen molar-refractivity contribution in [3.05, 3.63) is 13.8 Å². The van der Waals surface area contributed by atoms with Crippen LogP contribution in [0.15, 0.2) is 0 Å². The largest absolute Gasteiger partial charge is 0.395 e. The average molecular weight is 788 g/mol. The van der Waals surface area contributed by atoms with E-state index in [-0.39, 0.29) is 93.0 Å². The van der Waals surface area contributed by atoms with Gasteiger partial charge in [-0.2, -0.15) is 0 Å². The molecule has 0 spiro atoms. The average Bonchev–Trinajstić information content (AvgIpc) is 2.31. The maximum absolute atomic E-state index is 12.0. The van der Waals surface area contributed by atoms with Crippen molar-refractivity contribution >= 4 is 5.78 Å². The van der Waals surface area contributed by atoms with Crippen molar-refractivity contribution in [1.29, 1.82) is 0 Å². The monoisotopic (exact) mass is 788 g/mol. The summed E-state index contributed by atoms with van der Waals surface area (Å²) in [4.78, 5) is 12.0. The molecule has 2 aliphatic rings. The normalized spacial score (nSPS) is 37.1. The van der Waals surface area contributed by atoms with Gasteiger partial charge in [0.2, 0.25) is 0 Å². The minimum atomic E-state index is -0.304. The molecule has 0 aromatic heterocycles. The number of rotatable bonds is 2. The third-order valence-corrected chi connectivity index (χ3v) is 4.61. The number of aliphatic hydroxyl groups excluding tert-OH is 1. The molecule has 20 heavy (non-hydrogen) atoms. The van der Waals surface area contributed by atoms with Gasteiger partial charge in [-0.3, -0.25) is 0 Å². The second-order valence-electron chi connectivity index (χ2n) is 5.90. The van der Waals surface area contributed by atoms with E-state index < -0.39 is 0 Å². The zero-order chi connectivity index (χ0) is 12.4. The molecule has 5 unspecified atom stereocenters. The van der Waals surface area contributed by atoms with Crippen LogP contribution in [-0.2, 0) is 68.0 Å². The van der Waals surface area contributed by atoms with Crippen LogP contribution in [0.4, 0.5) is 0 Å². The predicted molar refractivity (Wildman–Crippen MR) is 68.0 cm³/mol. The molecule has 5 heteroatoms. The Morgan fingerprint density at radius 3 is 2.25 bits per heavy atom. The van der Waals surface area contributed by atoms with E-state index in [1.54, 1.807) is 0 Å². The Labute approximate surface area is 166 Å². The SMILES string of the molecule is [CH2-]C1CCCC(CC2CCCC([CH2-])C2O)C1=O.[W].[W].[W]. The van der Waals surface area contributed by atoms with Crippen LogP contribution < -0.4 is 0 Å². The molecule has 2 saturated carbocycles. The van der Waals surface area contributed by atoms with E-state index >= 15 is 0 Å². The van der Waals surface area contributed by atoms with Gasteiger partial charge < -0.3 is 23.7 Å². The number of Topliss-reactive ketones (excluding diaryl/α,β-unsaturated/α-hetero) is 1. The van der Waals surface area contributed by atoms with E-state index in [0.29, 0.717) is 5.78 Å². The van der Waals surface area contributed by atoms with Crippen molar-refractivity contribution in [2.45, 2.75) is 51.0 Å². The Balaban J connectivity index is 0. The van der Waals surface area contributed by atoms with E-state index in [4.69, 9.17) is 0 Å². The maximum atomic E-state index is 12.0. The Hall–Kier alpha value is 1.69. The first-order valence-electron chi connectivity index (χ1n) is 6.97. The fourth-order valence-electron chi connectivity index (χ4n) is 3.45. The Morgan fingerprint density at radius 1 is 1.00 bits per heavy atom. The van der Waals surface area contributed by atoms with Gasteiger partial charge in [0.05, 0.1) is 0 Å². The molecule has 0 saturated heterocycles. The van der Waals surface area contributed by atoms with Gasteiger partial charge in [0, 0.05) is 75.2 Å². The standard InChI is InChI=1S/C15H24O2.3W/c1-10-5-3-7-12(14(10)16)9-13-8-4-6-11(2)15(13)17;;;/h10-14,16H,1-9H2;;;/q-2;;;. The van der Waals surface area contributed by atoms with Gasteiger partial charge in [0.15, 0.2) is 0 Å². The Morgan fingerprint density at radius 2 is 1.60 bits per heavy atom. The molecule has 0 aromatic carbocycles. The number of carbonyl (C=O) groups is 1. The molecule has 0 aromatic rings. The fraction of sp³-hybridized carbons (Fsp3) is 0.800. The number of aliphatic hydroxyl groups is 1. The summed E-state index contributed by atoms with van der Waals surface area (Å²) in [5.41, 5.74) is 0. The van der Waals surface area contributed by atoms with E-state index in [9.17, 15) is 9.90 Å². The molecule has 2 rings (SSSR count). The second-order valence-corrected chi connectivity index (χ2v) is 5.90. The summed E-state index contributed by atoms with van der Waals surface area (Å²) in [5.74, 6) is 0.907. The van der Waals surface area contributed by atoms with Gasteiger partial charge in [-0.25, -0.2) is 0 Å². The topological polar surface area (TPSA) is 37.3 Å². The van der Waals surface area contributed by atoms with E-state index in [1.165, 1.54) is 0 Å². The quantitative estimate of drug-likeness (QED) is 0.438. The number of carbonyl (C=O) groups excluding carboxylic acids is 1. The van der Waals surface area contributed by atoms with E-state index in [0.717, 1.165) is 44.9 Å². The van der Waals surface area contributed by atoms with E-state index in [1.807, 2.05) is 0 Å². The van der Waals surface area contributed by atoms with Crippen molar-refractivity contribution in [3.63, 3.8) is 0 Å². The van der Waals surface area contributed by atoms with Crippen LogP contribution in [-0.4, -0.2) is 17.0 Å². The van der Waals surface area contributed by atoms with Crippen LogP contribution in [0, 0.1) is 37.5 Å². The molecule has 1 N–H and O–H groups in total. The minimum Gasteiger partial charge on any atom is -0.395 e. The minimum absolute atomic E-state index is 0. The molecule has 0 amide bonds. The van der Waals surface area contributed by atoms with Gasteiger partial charge in [0.1, 0.15) is 5.78 Å². The number of hydrogen-bond acceptors (Lipinski definition) is 2. The van der Waals surface area contributed by atoms with Crippen LogP contribution in [0.2, 0.25) is 0 Å². The van der Waals surface area contributed by atoms with Crippen molar-refractivity contribution in [2.24, 2.45) is 23.7 Å².